The van der Waals surface area contributed by atoms with E-state index >= 15 is 0 Å². The Kier molecular flexibility index (Phi) is 2.45. The molecule has 3 nitrogen and oxygen atoms in total. The van der Waals surface area contributed by atoms with Gasteiger partial charge in [-0.05, 0) is 30.4 Å². The highest BCUT2D eigenvalue weighted by molar-refractivity contribution is 6.19. The third kappa shape index (κ3) is 1.55. The van der Waals surface area contributed by atoms with Crippen molar-refractivity contribution >= 4 is 11.6 Å². The number of fused-ring (bicyclic) bond motifs is 1. The molecular formula is C12H15ClN2O. The van der Waals surface area contributed by atoms with Crippen LogP contribution in [0.15, 0.2) is 35.4 Å². The summed E-state index contributed by atoms with van der Waals surface area (Å²) in [5.41, 5.74) is 2.48. The van der Waals surface area contributed by atoms with E-state index in [0.717, 1.165) is 24.0 Å². The van der Waals surface area contributed by atoms with Crippen molar-refractivity contribution in [3.8, 4) is 0 Å². The minimum Gasteiger partial charge on any atom is -0.376 e. The first-order chi connectivity index (χ1) is 7.83. The number of halogens is 1. The van der Waals surface area contributed by atoms with E-state index in [0.29, 0.717) is 5.88 Å². The molecule has 0 aromatic heterocycles. The smallest absolute Gasteiger partial charge is 0.121 e. The largest absolute Gasteiger partial charge is 0.376 e. The van der Waals surface area contributed by atoms with E-state index in [-0.39, 0.29) is 6.73 Å². The van der Waals surface area contributed by atoms with Crippen LogP contribution in [0.3, 0.4) is 0 Å². The number of hydrogen-bond donors (Lipinski definition) is 1. The molecule has 1 fully saturated rings. The van der Waals surface area contributed by atoms with Crippen molar-refractivity contribution in [2.45, 2.75) is 12.8 Å². The van der Waals surface area contributed by atoms with Gasteiger partial charge in [0.15, 0.2) is 0 Å². The Bertz CT molecular complexity index is 396. The number of aliphatic hydroxyl groups is 1. The third-order valence-corrected chi connectivity index (χ3v) is 3.68. The van der Waals surface area contributed by atoms with Gasteiger partial charge in [-0.2, -0.15) is 0 Å². The molecule has 0 saturated heterocycles. The number of alkyl halides is 1. The minimum atomic E-state index is -0.00646. The first kappa shape index (κ1) is 10.2. The topological polar surface area (TPSA) is 26.7 Å². The molecule has 0 spiro atoms. The summed E-state index contributed by atoms with van der Waals surface area (Å²) in [7, 11) is 0. The van der Waals surface area contributed by atoms with Crippen LogP contribution in [0.4, 0.5) is 0 Å². The molecule has 1 aliphatic carbocycles. The van der Waals surface area contributed by atoms with Crippen molar-refractivity contribution in [2.24, 2.45) is 5.92 Å². The van der Waals surface area contributed by atoms with E-state index in [4.69, 9.17) is 11.6 Å². The summed E-state index contributed by atoms with van der Waals surface area (Å²) in [4.78, 5) is 4.04. The lowest BCUT2D eigenvalue weighted by atomic mass is 10.1. The Hall–Kier alpha value is -0.930. The second-order valence-corrected chi connectivity index (χ2v) is 4.76. The molecule has 0 radical (unpaired) electrons. The Morgan fingerprint density at radius 1 is 1.38 bits per heavy atom. The average molecular weight is 239 g/mol. The van der Waals surface area contributed by atoms with Gasteiger partial charge in [-0.25, -0.2) is 0 Å². The Morgan fingerprint density at radius 2 is 2.19 bits per heavy atom. The van der Waals surface area contributed by atoms with E-state index in [2.05, 4.69) is 17.1 Å². The molecule has 0 unspecified atom stereocenters. The van der Waals surface area contributed by atoms with Crippen molar-refractivity contribution in [1.82, 2.24) is 9.80 Å². The first-order valence-corrected chi connectivity index (χ1v) is 6.19. The van der Waals surface area contributed by atoms with Crippen LogP contribution in [0.2, 0.25) is 0 Å². The van der Waals surface area contributed by atoms with E-state index in [1.165, 1.54) is 18.4 Å². The monoisotopic (exact) mass is 238 g/mol. The van der Waals surface area contributed by atoms with Crippen LogP contribution in [0.5, 0.6) is 0 Å². The molecule has 0 atom stereocenters. The highest BCUT2D eigenvalue weighted by Gasteiger charge is 2.32. The molecule has 0 aromatic rings. The first-order valence-electron chi connectivity index (χ1n) is 5.66. The number of nitrogens with zero attached hydrogens (tertiary/aromatic N) is 2. The highest BCUT2D eigenvalue weighted by Crippen LogP contribution is 2.40. The predicted octanol–water partition coefficient (Wildman–Crippen LogP) is 1.83. The number of aliphatic hydroxyl groups excluding tert-OH is 1. The van der Waals surface area contributed by atoms with E-state index in [1.807, 2.05) is 11.1 Å². The van der Waals surface area contributed by atoms with Crippen molar-refractivity contribution in [2.75, 3.05) is 19.2 Å². The molecule has 4 heteroatoms. The lowest BCUT2D eigenvalue weighted by Crippen LogP contribution is -2.29. The van der Waals surface area contributed by atoms with Gasteiger partial charge in [0.05, 0.1) is 11.6 Å². The van der Waals surface area contributed by atoms with Crippen LogP contribution in [0.25, 0.3) is 0 Å². The van der Waals surface area contributed by atoms with E-state index in [9.17, 15) is 5.11 Å². The summed E-state index contributed by atoms with van der Waals surface area (Å²) < 4.78 is 0. The summed E-state index contributed by atoms with van der Waals surface area (Å²) in [6, 6.07) is 0. The van der Waals surface area contributed by atoms with Gasteiger partial charge in [0.25, 0.3) is 0 Å². The Balaban J connectivity index is 1.86. The summed E-state index contributed by atoms with van der Waals surface area (Å²) in [5.74, 6) is 2.28. The van der Waals surface area contributed by atoms with Gasteiger partial charge >= 0.3 is 0 Å². The molecule has 86 valence electrons. The van der Waals surface area contributed by atoms with Crippen LogP contribution < -0.4 is 0 Å². The van der Waals surface area contributed by atoms with E-state index < -0.39 is 0 Å². The summed E-state index contributed by atoms with van der Waals surface area (Å²) in [6.07, 6.45) is 9.00. The molecule has 3 rings (SSSR count). The summed E-state index contributed by atoms with van der Waals surface area (Å²) >= 11 is 5.87. The zero-order valence-electron chi connectivity index (χ0n) is 9.06. The fraction of sp³-hybridized carbons (Fsp3) is 0.500. The van der Waals surface area contributed by atoms with Crippen LogP contribution in [0.1, 0.15) is 12.8 Å². The molecule has 3 aliphatic rings. The molecule has 2 heterocycles. The summed E-state index contributed by atoms with van der Waals surface area (Å²) in [5, 5.41) is 9.33. The molecule has 16 heavy (non-hydrogen) atoms. The van der Waals surface area contributed by atoms with Crippen LogP contribution in [-0.4, -0.2) is 34.1 Å². The minimum absolute atomic E-state index is 0.00646. The molecule has 0 bridgehead atoms. The van der Waals surface area contributed by atoms with Crippen LogP contribution in [0, 0.1) is 5.92 Å². The Labute approximate surface area is 100 Å². The van der Waals surface area contributed by atoms with Crippen molar-refractivity contribution in [1.29, 1.82) is 0 Å². The fourth-order valence-electron chi connectivity index (χ4n) is 2.35. The maximum absolute atomic E-state index is 9.33. The average Bonchev–Trinajstić information content (AvgIpc) is 3.09. The molecule has 1 saturated carbocycles. The van der Waals surface area contributed by atoms with Gasteiger partial charge < -0.3 is 14.9 Å². The zero-order chi connectivity index (χ0) is 11.1. The Morgan fingerprint density at radius 3 is 2.81 bits per heavy atom. The molecular weight excluding hydrogens is 224 g/mol. The number of allylic oxidation sites excluding steroid dienone is 3. The SMILES string of the molecule is OCN1C(CCl)=CN2CC(C3CC3)=CC=C21. The van der Waals surface area contributed by atoms with Gasteiger partial charge in [-0.15, -0.1) is 11.6 Å². The van der Waals surface area contributed by atoms with Gasteiger partial charge in [0, 0.05) is 12.7 Å². The predicted molar refractivity (Wildman–Crippen MR) is 63.3 cm³/mol. The lowest BCUT2D eigenvalue weighted by molar-refractivity contribution is 0.158. The lowest BCUT2D eigenvalue weighted by Gasteiger charge is -2.28. The number of rotatable bonds is 3. The molecule has 1 N–H and O–H groups in total. The van der Waals surface area contributed by atoms with Crippen LogP contribution >= 0.6 is 11.6 Å². The molecule has 0 aromatic carbocycles. The molecule has 0 amide bonds. The number of hydrogen-bond acceptors (Lipinski definition) is 3. The normalized spacial score (nSPS) is 24.0. The molecule has 2 aliphatic heterocycles. The van der Waals surface area contributed by atoms with Gasteiger partial charge in [0.1, 0.15) is 12.6 Å². The van der Waals surface area contributed by atoms with Gasteiger partial charge in [-0.1, -0.05) is 6.08 Å². The van der Waals surface area contributed by atoms with E-state index in [1.54, 1.807) is 0 Å². The third-order valence-electron chi connectivity index (χ3n) is 3.40. The second kappa shape index (κ2) is 3.82. The maximum atomic E-state index is 9.33. The maximum Gasteiger partial charge on any atom is 0.121 e. The quantitative estimate of drug-likeness (QED) is 0.760. The standard InChI is InChI=1S/C12H15ClN2O/c13-5-11-7-14-6-10(9-1-2-9)3-4-12(14)15(11)8-16/h3-4,7,9,16H,1-2,5-6,8H2. The summed E-state index contributed by atoms with van der Waals surface area (Å²) in [6.45, 7) is 0.945. The van der Waals surface area contributed by atoms with Crippen LogP contribution in [-0.2, 0) is 0 Å². The second-order valence-electron chi connectivity index (χ2n) is 4.49. The van der Waals surface area contributed by atoms with Crippen molar-refractivity contribution in [3.63, 3.8) is 0 Å². The van der Waals surface area contributed by atoms with Crippen molar-refractivity contribution in [3.05, 3.63) is 35.4 Å². The van der Waals surface area contributed by atoms with Gasteiger partial charge in [0.2, 0.25) is 0 Å². The van der Waals surface area contributed by atoms with Gasteiger partial charge in [-0.3, -0.25) is 0 Å². The fourth-order valence-corrected chi connectivity index (χ4v) is 2.56. The zero-order valence-corrected chi connectivity index (χ0v) is 9.82. The van der Waals surface area contributed by atoms with Crippen molar-refractivity contribution < 1.29 is 5.11 Å². The highest BCUT2D eigenvalue weighted by atomic mass is 35.5.